The molecule has 0 aromatic carbocycles. The molecule has 1 unspecified atom stereocenters. The van der Waals surface area contributed by atoms with Crippen LogP contribution in [0.5, 0.6) is 0 Å². The van der Waals surface area contributed by atoms with Crippen LogP contribution in [0.4, 0.5) is 4.79 Å². The number of aromatic nitrogens is 2. The lowest BCUT2D eigenvalue weighted by atomic mass is 10.0. The Balaban J connectivity index is 1.92. The van der Waals surface area contributed by atoms with Gasteiger partial charge in [-0.2, -0.15) is 0 Å². The van der Waals surface area contributed by atoms with Gasteiger partial charge < -0.3 is 10.2 Å². The van der Waals surface area contributed by atoms with Crippen LogP contribution in [0.2, 0.25) is 5.15 Å². The molecule has 1 atom stereocenters. The number of rotatable bonds is 3. The van der Waals surface area contributed by atoms with E-state index in [-0.39, 0.29) is 6.03 Å². The van der Waals surface area contributed by atoms with Crippen molar-refractivity contribution >= 4 is 17.6 Å². The molecule has 5 nitrogen and oxygen atoms in total. The van der Waals surface area contributed by atoms with E-state index < -0.39 is 0 Å². The molecular formula is C13H19ClN4O. The lowest BCUT2D eigenvalue weighted by Gasteiger charge is -2.35. The third-order valence-electron chi connectivity index (χ3n) is 3.49. The van der Waals surface area contributed by atoms with Gasteiger partial charge in [0.2, 0.25) is 0 Å². The van der Waals surface area contributed by atoms with Gasteiger partial charge in [-0.15, -0.1) is 0 Å². The van der Waals surface area contributed by atoms with Crippen LogP contribution < -0.4 is 5.32 Å². The highest BCUT2D eigenvalue weighted by Gasteiger charge is 2.25. The Morgan fingerprint density at radius 3 is 3.00 bits per heavy atom. The molecule has 2 amide bonds. The fraction of sp³-hybridized carbons (Fsp3) is 0.615. The molecule has 1 aliphatic heterocycles. The van der Waals surface area contributed by atoms with Crippen molar-refractivity contribution < 1.29 is 4.79 Å². The molecule has 6 heteroatoms. The fourth-order valence-corrected chi connectivity index (χ4v) is 2.59. The number of nitrogens with one attached hydrogen (secondary N) is 1. The van der Waals surface area contributed by atoms with E-state index >= 15 is 0 Å². The molecule has 1 fully saturated rings. The summed E-state index contributed by atoms with van der Waals surface area (Å²) in [4.78, 5) is 22.1. The first kappa shape index (κ1) is 14.1. The number of halogens is 1. The molecule has 0 aliphatic carbocycles. The largest absolute Gasteiger partial charge is 0.332 e. The number of hydrogen-bond acceptors (Lipinski definition) is 3. The highest BCUT2D eigenvalue weighted by atomic mass is 35.5. The van der Waals surface area contributed by atoms with Crippen molar-refractivity contribution in [1.82, 2.24) is 20.2 Å². The average Bonchev–Trinajstić information content (AvgIpc) is 2.46. The smallest absolute Gasteiger partial charge is 0.317 e. The molecule has 0 saturated carbocycles. The van der Waals surface area contributed by atoms with Crippen LogP contribution in [0.3, 0.4) is 0 Å². The first-order valence-electron chi connectivity index (χ1n) is 6.72. The summed E-state index contributed by atoms with van der Waals surface area (Å²) in [6.45, 7) is 3.27. The van der Waals surface area contributed by atoms with Crippen molar-refractivity contribution in [2.75, 3.05) is 6.54 Å². The maximum atomic E-state index is 12.2. The molecule has 0 bridgehead atoms. The summed E-state index contributed by atoms with van der Waals surface area (Å²) in [5.74, 6) is 0. The Kier molecular flexibility index (Phi) is 4.96. The minimum absolute atomic E-state index is 0.0340. The summed E-state index contributed by atoms with van der Waals surface area (Å²) in [6.07, 6.45) is 7.48. The Labute approximate surface area is 118 Å². The van der Waals surface area contributed by atoms with Gasteiger partial charge >= 0.3 is 6.03 Å². The number of carbonyl (C=O) groups excluding carboxylic acids is 1. The molecule has 0 spiro atoms. The van der Waals surface area contributed by atoms with Gasteiger partial charge in [0.15, 0.2) is 5.15 Å². The van der Waals surface area contributed by atoms with Crippen molar-refractivity contribution in [3.8, 4) is 0 Å². The average molecular weight is 283 g/mol. The summed E-state index contributed by atoms with van der Waals surface area (Å²) < 4.78 is 0. The van der Waals surface area contributed by atoms with E-state index in [9.17, 15) is 4.79 Å². The van der Waals surface area contributed by atoms with Gasteiger partial charge in [-0.1, -0.05) is 18.5 Å². The predicted octanol–water partition coefficient (Wildman–Crippen LogP) is 2.60. The minimum atomic E-state index is -0.0340. The van der Waals surface area contributed by atoms with Crippen molar-refractivity contribution in [1.29, 1.82) is 0 Å². The van der Waals surface area contributed by atoms with Crippen molar-refractivity contribution in [2.45, 2.75) is 45.2 Å². The van der Waals surface area contributed by atoms with Gasteiger partial charge in [0, 0.05) is 25.0 Å². The molecule has 104 valence electrons. The molecule has 1 aliphatic rings. The monoisotopic (exact) mass is 282 g/mol. The van der Waals surface area contributed by atoms with Gasteiger partial charge in [-0.25, -0.2) is 9.78 Å². The molecule has 1 aromatic heterocycles. The summed E-state index contributed by atoms with van der Waals surface area (Å²) >= 11 is 5.91. The van der Waals surface area contributed by atoms with Crippen LogP contribution in [0.1, 0.15) is 38.3 Å². The maximum absolute atomic E-state index is 12.2. The molecule has 19 heavy (non-hydrogen) atoms. The van der Waals surface area contributed by atoms with E-state index in [1.807, 2.05) is 4.90 Å². The highest BCUT2D eigenvalue weighted by Crippen LogP contribution is 2.19. The first-order chi connectivity index (χ1) is 9.22. The normalized spacial score (nSPS) is 19.3. The molecular weight excluding hydrogens is 264 g/mol. The molecule has 1 aromatic rings. The van der Waals surface area contributed by atoms with E-state index in [0.717, 1.165) is 25.8 Å². The second kappa shape index (κ2) is 6.70. The van der Waals surface area contributed by atoms with E-state index in [1.54, 1.807) is 6.20 Å². The number of amides is 2. The van der Waals surface area contributed by atoms with Gasteiger partial charge in [-0.3, -0.25) is 4.98 Å². The number of hydrogen-bond donors (Lipinski definition) is 1. The Hall–Kier alpha value is -1.36. The fourth-order valence-electron chi connectivity index (χ4n) is 2.42. The van der Waals surface area contributed by atoms with Gasteiger partial charge in [0.05, 0.1) is 12.2 Å². The van der Waals surface area contributed by atoms with Crippen molar-refractivity contribution in [2.24, 2.45) is 0 Å². The Morgan fingerprint density at radius 1 is 1.47 bits per heavy atom. The highest BCUT2D eigenvalue weighted by molar-refractivity contribution is 6.29. The van der Waals surface area contributed by atoms with Crippen LogP contribution in [-0.4, -0.2) is 33.5 Å². The minimum Gasteiger partial charge on any atom is -0.332 e. The Bertz CT molecular complexity index is 440. The van der Waals surface area contributed by atoms with Crippen LogP contribution in [0.25, 0.3) is 0 Å². The predicted molar refractivity (Wildman–Crippen MR) is 73.9 cm³/mol. The summed E-state index contributed by atoms with van der Waals surface area (Å²) in [5.41, 5.74) is 0.600. The number of piperidine rings is 1. The second-order valence-corrected chi connectivity index (χ2v) is 5.06. The van der Waals surface area contributed by atoms with Gasteiger partial charge in [-0.05, 0) is 25.7 Å². The number of nitrogens with zero attached hydrogens (tertiary/aromatic N) is 3. The Morgan fingerprint density at radius 2 is 2.26 bits per heavy atom. The second-order valence-electron chi connectivity index (χ2n) is 4.70. The summed E-state index contributed by atoms with van der Waals surface area (Å²) in [5, 5.41) is 3.22. The quantitative estimate of drug-likeness (QED) is 0.927. The van der Waals surface area contributed by atoms with E-state index in [4.69, 9.17) is 11.6 Å². The van der Waals surface area contributed by atoms with E-state index in [1.165, 1.54) is 12.6 Å². The standard InChI is InChI=1S/C13H19ClN4O/c1-2-10-5-3-4-8-18(10)13(19)17-9-11-12(14)16-7-6-15-11/h6-7,10H,2-5,8-9H2,1H3,(H,17,19). The summed E-state index contributed by atoms with van der Waals surface area (Å²) in [7, 11) is 0. The van der Waals surface area contributed by atoms with Crippen LogP contribution >= 0.6 is 11.6 Å². The maximum Gasteiger partial charge on any atom is 0.317 e. The molecule has 1 saturated heterocycles. The molecule has 2 heterocycles. The first-order valence-corrected chi connectivity index (χ1v) is 7.10. The van der Waals surface area contributed by atoms with Crippen LogP contribution in [0, 0.1) is 0 Å². The zero-order chi connectivity index (χ0) is 13.7. The van der Waals surface area contributed by atoms with Crippen LogP contribution in [-0.2, 0) is 6.54 Å². The van der Waals surface area contributed by atoms with Gasteiger partial charge in [0.25, 0.3) is 0 Å². The van der Waals surface area contributed by atoms with Crippen molar-refractivity contribution in [3.05, 3.63) is 23.2 Å². The zero-order valence-corrected chi connectivity index (χ0v) is 11.9. The third kappa shape index (κ3) is 3.56. The van der Waals surface area contributed by atoms with Gasteiger partial charge in [0.1, 0.15) is 0 Å². The van der Waals surface area contributed by atoms with Crippen molar-refractivity contribution in [3.63, 3.8) is 0 Å². The van der Waals surface area contributed by atoms with Crippen LogP contribution in [0.15, 0.2) is 12.4 Å². The molecule has 0 radical (unpaired) electrons. The zero-order valence-electron chi connectivity index (χ0n) is 11.1. The lowest BCUT2D eigenvalue weighted by molar-refractivity contribution is 0.148. The number of likely N-dealkylation sites (tertiary alicyclic amines) is 1. The lowest BCUT2D eigenvalue weighted by Crippen LogP contribution is -2.48. The third-order valence-corrected chi connectivity index (χ3v) is 3.81. The SMILES string of the molecule is CCC1CCCCN1C(=O)NCc1nccnc1Cl. The number of urea groups is 1. The van der Waals surface area contributed by atoms with E-state index in [0.29, 0.717) is 23.4 Å². The van der Waals surface area contributed by atoms with E-state index in [2.05, 4.69) is 22.2 Å². The summed E-state index contributed by atoms with van der Waals surface area (Å²) in [6, 6.07) is 0.319. The number of carbonyl (C=O) groups is 1. The topological polar surface area (TPSA) is 58.1 Å². The molecule has 1 N–H and O–H groups in total. The molecule has 2 rings (SSSR count).